The van der Waals surface area contributed by atoms with Gasteiger partial charge in [0.2, 0.25) is 5.91 Å². The molecular formula is C20H26BrNO3S. The molecule has 4 aliphatic carbocycles. The standard InChI is InChI=1S/C20H26BrNO3S/c1-3-25-18(24)17-12(2)4-16(26-17)22-15(23)10-19-6-13-5-14(7-19)9-20(21,8-13)11-19/h4,13-14H,3,5-11H2,1-2H3,(H,22,23)/t13-,14+,19?,20?. The number of halogens is 1. The minimum absolute atomic E-state index is 0.0831. The van der Waals surface area contributed by atoms with E-state index in [1.54, 1.807) is 6.92 Å². The fourth-order valence-corrected chi connectivity index (χ4v) is 8.50. The third-order valence-corrected chi connectivity index (χ3v) is 8.35. The van der Waals surface area contributed by atoms with E-state index in [2.05, 4.69) is 21.2 Å². The summed E-state index contributed by atoms with van der Waals surface area (Å²) < 4.78 is 5.35. The zero-order valence-electron chi connectivity index (χ0n) is 15.4. The van der Waals surface area contributed by atoms with Crippen LogP contribution in [0.4, 0.5) is 5.00 Å². The molecule has 6 heteroatoms. The number of ether oxygens (including phenoxy) is 1. The highest BCUT2D eigenvalue weighted by molar-refractivity contribution is 9.10. The van der Waals surface area contributed by atoms with Crippen LogP contribution >= 0.6 is 27.3 Å². The first kappa shape index (κ1) is 18.5. The van der Waals surface area contributed by atoms with Gasteiger partial charge in [-0.05, 0) is 81.3 Å². The molecule has 4 fully saturated rings. The van der Waals surface area contributed by atoms with Gasteiger partial charge in [0.1, 0.15) is 4.88 Å². The molecule has 1 N–H and O–H groups in total. The molecule has 1 aromatic rings. The van der Waals surface area contributed by atoms with Gasteiger partial charge < -0.3 is 10.1 Å². The molecule has 1 aromatic heterocycles. The Morgan fingerprint density at radius 3 is 2.62 bits per heavy atom. The number of esters is 1. The van der Waals surface area contributed by atoms with Crippen LogP contribution in [-0.2, 0) is 9.53 Å². The summed E-state index contributed by atoms with van der Waals surface area (Å²) in [5, 5.41) is 3.79. The number of hydrogen-bond acceptors (Lipinski definition) is 4. The monoisotopic (exact) mass is 439 g/mol. The molecule has 4 atom stereocenters. The fraction of sp³-hybridized carbons (Fsp3) is 0.700. The maximum absolute atomic E-state index is 12.8. The van der Waals surface area contributed by atoms with E-state index in [1.165, 1.54) is 43.4 Å². The van der Waals surface area contributed by atoms with Gasteiger partial charge in [-0.25, -0.2) is 4.79 Å². The van der Waals surface area contributed by atoms with Crippen LogP contribution in [0.2, 0.25) is 0 Å². The number of carbonyl (C=O) groups excluding carboxylic acids is 2. The smallest absolute Gasteiger partial charge is 0.348 e. The molecule has 0 aliphatic heterocycles. The van der Waals surface area contributed by atoms with Gasteiger partial charge in [0, 0.05) is 10.7 Å². The molecule has 1 amide bonds. The highest BCUT2D eigenvalue weighted by atomic mass is 79.9. The average molecular weight is 440 g/mol. The maximum Gasteiger partial charge on any atom is 0.348 e. The Morgan fingerprint density at radius 2 is 2.00 bits per heavy atom. The molecule has 2 unspecified atom stereocenters. The summed E-state index contributed by atoms with van der Waals surface area (Å²) in [7, 11) is 0. The number of alkyl halides is 1. The lowest BCUT2D eigenvalue weighted by Gasteiger charge is -2.60. The second kappa shape index (κ2) is 6.62. The number of hydrogen-bond donors (Lipinski definition) is 1. The molecule has 4 saturated carbocycles. The molecule has 5 rings (SSSR count). The van der Waals surface area contributed by atoms with E-state index in [1.807, 2.05) is 13.0 Å². The first-order valence-corrected chi connectivity index (χ1v) is 11.2. The van der Waals surface area contributed by atoms with Crippen molar-refractivity contribution in [2.45, 2.75) is 63.1 Å². The Kier molecular flexibility index (Phi) is 4.71. The number of thiophene rings is 1. The van der Waals surface area contributed by atoms with Crippen molar-refractivity contribution >= 4 is 44.1 Å². The van der Waals surface area contributed by atoms with Crippen LogP contribution < -0.4 is 5.32 Å². The van der Waals surface area contributed by atoms with Gasteiger partial charge in [0.05, 0.1) is 11.6 Å². The van der Waals surface area contributed by atoms with Crippen LogP contribution in [0.25, 0.3) is 0 Å². The maximum atomic E-state index is 12.8. The SMILES string of the molecule is CCOC(=O)c1sc(NC(=O)CC23C[C@@H]4C[C@@H](CC(Br)(C4)C2)C3)cc1C. The zero-order valence-corrected chi connectivity index (χ0v) is 17.8. The average Bonchev–Trinajstić information content (AvgIpc) is 2.84. The topological polar surface area (TPSA) is 55.4 Å². The summed E-state index contributed by atoms with van der Waals surface area (Å²) in [5.74, 6) is 1.34. The first-order chi connectivity index (χ1) is 12.3. The Labute approximate surface area is 167 Å². The summed E-state index contributed by atoms with van der Waals surface area (Å²) in [4.78, 5) is 25.3. The predicted octanol–water partition coefficient (Wildman–Crippen LogP) is 5.30. The number of carbonyl (C=O) groups is 2. The second-order valence-electron chi connectivity index (χ2n) is 8.68. The van der Waals surface area contributed by atoms with Gasteiger partial charge in [-0.15, -0.1) is 11.3 Å². The van der Waals surface area contributed by atoms with Gasteiger partial charge in [-0.3, -0.25) is 4.79 Å². The minimum Gasteiger partial charge on any atom is -0.462 e. The lowest BCUT2D eigenvalue weighted by Crippen LogP contribution is -2.53. The highest BCUT2D eigenvalue weighted by Gasteiger charge is 2.57. The van der Waals surface area contributed by atoms with Crippen LogP contribution in [-0.4, -0.2) is 22.8 Å². The van der Waals surface area contributed by atoms with Crippen LogP contribution in [0, 0.1) is 24.2 Å². The second-order valence-corrected chi connectivity index (χ2v) is 11.4. The van der Waals surface area contributed by atoms with Gasteiger partial charge in [0.25, 0.3) is 0 Å². The molecule has 1 heterocycles. The summed E-state index contributed by atoms with van der Waals surface area (Å²) in [6.45, 7) is 4.04. The van der Waals surface area contributed by atoms with E-state index in [4.69, 9.17) is 4.74 Å². The minimum atomic E-state index is -0.308. The Bertz CT molecular complexity index is 729. The molecule has 142 valence electrons. The van der Waals surface area contributed by atoms with E-state index >= 15 is 0 Å². The third kappa shape index (κ3) is 3.47. The van der Waals surface area contributed by atoms with Crippen molar-refractivity contribution < 1.29 is 14.3 Å². The van der Waals surface area contributed by atoms with Crippen LogP contribution in [0.1, 0.15) is 67.1 Å². The normalized spacial score (nSPS) is 34.7. The van der Waals surface area contributed by atoms with Crippen LogP contribution in [0.5, 0.6) is 0 Å². The molecule has 26 heavy (non-hydrogen) atoms. The number of anilines is 1. The van der Waals surface area contributed by atoms with Crippen LogP contribution in [0.3, 0.4) is 0 Å². The number of nitrogens with one attached hydrogen (secondary N) is 1. The molecule has 0 aromatic carbocycles. The van der Waals surface area contributed by atoms with E-state index in [0.29, 0.717) is 17.9 Å². The predicted molar refractivity (Wildman–Crippen MR) is 107 cm³/mol. The lowest BCUT2D eigenvalue weighted by atomic mass is 9.48. The summed E-state index contributed by atoms with van der Waals surface area (Å²) >= 11 is 5.32. The lowest BCUT2D eigenvalue weighted by molar-refractivity contribution is -0.123. The van der Waals surface area contributed by atoms with Crippen molar-refractivity contribution in [2.24, 2.45) is 17.3 Å². The van der Waals surface area contributed by atoms with Crippen molar-refractivity contribution in [3.63, 3.8) is 0 Å². The number of rotatable bonds is 5. The fourth-order valence-electron chi connectivity index (χ4n) is 6.01. The number of aryl methyl sites for hydroxylation is 1. The van der Waals surface area contributed by atoms with Crippen molar-refractivity contribution in [2.75, 3.05) is 11.9 Å². The molecular weight excluding hydrogens is 414 g/mol. The first-order valence-electron chi connectivity index (χ1n) is 9.56. The molecule has 0 radical (unpaired) electrons. The third-order valence-electron chi connectivity index (χ3n) is 6.29. The molecule has 4 aliphatic rings. The molecule has 0 spiro atoms. The summed E-state index contributed by atoms with van der Waals surface area (Å²) in [6, 6.07) is 1.88. The van der Waals surface area contributed by atoms with Gasteiger partial charge in [-0.1, -0.05) is 15.9 Å². The van der Waals surface area contributed by atoms with E-state index in [0.717, 1.165) is 28.8 Å². The van der Waals surface area contributed by atoms with Crippen LogP contribution in [0.15, 0.2) is 6.07 Å². The van der Waals surface area contributed by atoms with E-state index < -0.39 is 0 Å². The van der Waals surface area contributed by atoms with E-state index in [-0.39, 0.29) is 21.6 Å². The summed E-state index contributed by atoms with van der Waals surface area (Å²) in [6.07, 6.45) is 8.02. The Balaban J connectivity index is 1.43. The van der Waals surface area contributed by atoms with E-state index in [9.17, 15) is 9.59 Å². The van der Waals surface area contributed by atoms with Crippen molar-refractivity contribution in [3.05, 3.63) is 16.5 Å². The van der Waals surface area contributed by atoms with Crippen molar-refractivity contribution in [1.82, 2.24) is 0 Å². The molecule has 4 nitrogen and oxygen atoms in total. The van der Waals surface area contributed by atoms with Gasteiger partial charge >= 0.3 is 5.97 Å². The Morgan fingerprint density at radius 1 is 1.31 bits per heavy atom. The molecule has 4 bridgehead atoms. The summed E-state index contributed by atoms with van der Waals surface area (Å²) in [5.41, 5.74) is 1.02. The zero-order chi connectivity index (χ0) is 18.5. The quantitative estimate of drug-likeness (QED) is 0.500. The van der Waals surface area contributed by atoms with Crippen molar-refractivity contribution in [1.29, 1.82) is 0 Å². The highest BCUT2D eigenvalue weighted by Crippen LogP contribution is 2.65. The Hall–Kier alpha value is -0.880. The number of amides is 1. The molecule has 0 saturated heterocycles. The van der Waals surface area contributed by atoms with Gasteiger partial charge in [-0.2, -0.15) is 0 Å². The largest absolute Gasteiger partial charge is 0.462 e. The van der Waals surface area contributed by atoms with Gasteiger partial charge in [0.15, 0.2) is 0 Å². The van der Waals surface area contributed by atoms with Crippen molar-refractivity contribution in [3.8, 4) is 0 Å².